The molecule has 0 bridgehead atoms. The van der Waals surface area contributed by atoms with Crippen LogP contribution in [0.2, 0.25) is 0 Å². The van der Waals surface area contributed by atoms with Gasteiger partial charge in [0.1, 0.15) is 18.2 Å². The molecule has 0 radical (unpaired) electrons. The number of nitrogens with two attached hydrogens (primary N) is 1. The molecule has 0 saturated heterocycles. The van der Waals surface area contributed by atoms with Gasteiger partial charge in [0.15, 0.2) is 11.5 Å². The quantitative estimate of drug-likeness (QED) is 0.406. The maximum Gasteiger partial charge on any atom is 0.470 e. The number of ether oxygens (including phenoxy) is 1. The topological polar surface area (TPSA) is 177 Å². The molecule has 1 atom stereocenters. The monoisotopic (exact) mass is 305 g/mol. The molecule has 0 aliphatic heterocycles. The van der Waals surface area contributed by atoms with E-state index in [1.54, 1.807) is 0 Å². The standard InChI is InChI=1S/C8H12N5O6P/c9-6-5-7(11-3-10-5)13-8(12-6)18-2-4(1-14)19-20(15,16)17/h3-4,14H,1-2H2,(H2,15,16,17)(H3,9,10,11,12,13). The summed E-state index contributed by atoms with van der Waals surface area (Å²) in [6.45, 7) is -1.01. The maximum absolute atomic E-state index is 10.6. The second-order valence-electron chi connectivity index (χ2n) is 3.70. The molecule has 2 aromatic rings. The Morgan fingerprint density at radius 3 is 2.85 bits per heavy atom. The molecule has 1 unspecified atom stereocenters. The number of anilines is 1. The van der Waals surface area contributed by atoms with E-state index in [-0.39, 0.29) is 24.1 Å². The second kappa shape index (κ2) is 5.69. The summed E-state index contributed by atoms with van der Waals surface area (Å²) in [5, 5.41) is 8.93. The highest BCUT2D eigenvalue weighted by atomic mass is 31.2. The number of nitrogen functional groups attached to an aromatic ring is 1. The number of phosphoric ester groups is 1. The molecule has 0 aliphatic carbocycles. The van der Waals surface area contributed by atoms with Crippen LogP contribution >= 0.6 is 7.82 Å². The average Bonchev–Trinajstić information content (AvgIpc) is 2.81. The van der Waals surface area contributed by atoms with Crippen molar-refractivity contribution in [3.63, 3.8) is 0 Å². The SMILES string of the molecule is Nc1nc(OCC(CO)OP(=O)(O)O)nc2nc[nH]c12. The molecule has 20 heavy (non-hydrogen) atoms. The Morgan fingerprint density at radius 2 is 2.20 bits per heavy atom. The Labute approximate surface area is 112 Å². The lowest BCUT2D eigenvalue weighted by molar-refractivity contribution is 0.0440. The lowest BCUT2D eigenvalue weighted by Gasteiger charge is -2.15. The normalized spacial score (nSPS) is 13.6. The largest absolute Gasteiger partial charge is 0.470 e. The van der Waals surface area contributed by atoms with Crippen LogP contribution in [0.4, 0.5) is 5.82 Å². The highest BCUT2D eigenvalue weighted by molar-refractivity contribution is 7.46. The van der Waals surface area contributed by atoms with Gasteiger partial charge in [0.05, 0.1) is 12.9 Å². The summed E-state index contributed by atoms with van der Waals surface area (Å²) in [6, 6.07) is -0.144. The van der Waals surface area contributed by atoms with Gasteiger partial charge in [-0.15, -0.1) is 0 Å². The van der Waals surface area contributed by atoms with Gasteiger partial charge < -0.3 is 30.3 Å². The van der Waals surface area contributed by atoms with Crippen LogP contribution in [0.25, 0.3) is 11.2 Å². The van der Waals surface area contributed by atoms with E-state index in [4.69, 9.17) is 25.4 Å². The van der Waals surface area contributed by atoms with E-state index in [0.29, 0.717) is 5.52 Å². The van der Waals surface area contributed by atoms with Crippen molar-refractivity contribution in [2.75, 3.05) is 18.9 Å². The van der Waals surface area contributed by atoms with Crippen LogP contribution in [0.1, 0.15) is 0 Å². The van der Waals surface area contributed by atoms with E-state index in [1.165, 1.54) is 6.33 Å². The number of phosphoric acid groups is 1. The van der Waals surface area contributed by atoms with Gasteiger partial charge in [-0.25, -0.2) is 9.55 Å². The molecular formula is C8H12N5O6P. The zero-order chi connectivity index (χ0) is 14.8. The van der Waals surface area contributed by atoms with Crippen molar-refractivity contribution >= 4 is 24.8 Å². The summed E-state index contributed by atoms with van der Waals surface area (Å²) in [5.74, 6) is 0.110. The first kappa shape index (κ1) is 14.6. The number of hydrogen-bond acceptors (Lipinski definition) is 8. The first-order valence-corrected chi connectivity index (χ1v) is 6.86. The zero-order valence-corrected chi connectivity index (χ0v) is 10.9. The second-order valence-corrected chi connectivity index (χ2v) is 4.90. The van der Waals surface area contributed by atoms with Crippen molar-refractivity contribution in [1.29, 1.82) is 0 Å². The highest BCUT2D eigenvalue weighted by Gasteiger charge is 2.22. The minimum atomic E-state index is -4.72. The first-order valence-electron chi connectivity index (χ1n) is 5.33. The smallest absolute Gasteiger partial charge is 0.460 e. The van der Waals surface area contributed by atoms with Crippen molar-refractivity contribution in [2.24, 2.45) is 0 Å². The predicted octanol–water partition coefficient (Wildman–Crippen LogP) is -1.22. The van der Waals surface area contributed by atoms with Crippen LogP contribution in [-0.2, 0) is 9.09 Å². The number of imidazole rings is 1. The van der Waals surface area contributed by atoms with Crippen molar-refractivity contribution in [1.82, 2.24) is 19.9 Å². The lowest BCUT2D eigenvalue weighted by atomic mass is 10.4. The number of H-pyrrole nitrogens is 1. The fraction of sp³-hybridized carbons (Fsp3) is 0.375. The minimum Gasteiger partial charge on any atom is -0.460 e. The number of rotatable bonds is 6. The van der Waals surface area contributed by atoms with Gasteiger partial charge in [0, 0.05) is 0 Å². The number of aromatic nitrogens is 4. The average molecular weight is 305 g/mol. The van der Waals surface area contributed by atoms with E-state index < -0.39 is 20.5 Å². The van der Waals surface area contributed by atoms with E-state index in [2.05, 4.69) is 24.5 Å². The predicted molar refractivity (Wildman–Crippen MR) is 65.6 cm³/mol. The van der Waals surface area contributed by atoms with Gasteiger partial charge in [0.2, 0.25) is 0 Å². The van der Waals surface area contributed by atoms with Crippen molar-refractivity contribution in [3.8, 4) is 6.01 Å². The number of aliphatic hydroxyl groups excluding tert-OH is 1. The molecule has 0 saturated carbocycles. The number of aromatic amines is 1. The van der Waals surface area contributed by atoms with E-state index >= 15 is 0 Å². The van der Waals surface area contributed by atoms with E-state index in [9.17, 15) is 4.57 Å². The van der Waals surface area contributed by atoms with E-state index in [1.807, 2.05) is 0 Å². The maximum atomic E-state index is 10.6. The molecule has 2 rings (SSSR count). The molecule has 0 amide bonds. The Morgan fingerprint density at radius 1 is 1.45 bits per heavy atom. The van der Waals surface area contributed by atoms with Crippen LogP contribution in [0.15, 0.2) is 6.33 Å². The Hall–Kier alpha value is -1.78. The van der Waals surface area contributed by atoms with Gasteiger partial charge in [-0.1, -0.05) is 0 Å². The zero-order valence-electron chi connectivity index (χ0n) is 10.0. The molecule has 12 heteroatoms. The molecule has 2 aromatic heterocycles. The lowest BCUT2D eigenvalue weighted by Crippen LogP contribution is -2.25. The molecule has 6 N–H and O–H groups in total. The van der Waals surface area contributed by atoms with Gasteiger partial charge in [-0.05, 0) is 0 Å². The van der Waals surface area contributed by atoms with Gasteiger partial charge >= 0.3 is 13.8 Å². The van der Waals surface area contributed by atoms with Crippen LogP contribution in [0.3, 0.4) is 0 Å². The Bertz CT molecular complexity index is 641. The number of nitrogens with one attached hydrogen (secondary N) is 1. The third kappa shape index (κ3) is 3.62. The first-order chi connectivity index (χ1) is 9.39. The summed E-state index contributed by atoms with van der Waals surface area (Å²) in [6.07, 6.45) is 0.156. The van der Waals surface area contributed by atoms with Crippen LogP contribution in [0, 0.1) is 0 Å². The molecule has 0 fully saturated rings. The molecule has 110 valence electrons. The number of hydrogen-bond donors (Lipinski definition) is 5. The summed E-state index contributed by atoms with van der Waals surface area (Å²) in [5.41, 5.74) is 6.36. The summed E-state index contributed by atoms with van der Waals surface area (Å²) >= 11 is 0. The van der Waals surface area contributed by atoms with Crippen molar-refractivity contribution < 1.29 is 28.7 Å². The van der Waals surface area contributed by atoms with Crippen molar-refractivity contribution in [2.45, 2.75) is 6.10 Å². The van der Waals surface area contributed by atoms with E-state index in [0.717, 1.165) is 0 Å². The summed E-state index contributed by atoms with van der Waals surface area (Å²) in [4.78, 5) is 31.6. The van der Waals surface area contributed by atoms with Crippen LogP contribution < -0.4 is 10.5 Å². The highest BCUT2D eigenvalue weighted by Crippen LogP contribution is 2.37. The molecule has 11 nitrogen and oxygen atoms in total. The molecule has 0 aliphatic rings. The number of fused-ring (bicyclic) bond motifs is 1. The fourth-order valence-electron chi connectivity index (χ4n) is 1.38. The molecule has 2 heterocycles. The third-order valence-corrected chi connectivity index (χ3v) is 2.75. The van der Waals surface area contributed by atoms with Crippen LogP contribution in [-0.4, -0.2) is 54.1 Å². The molecule has 0 spiro atoms. The third-order valence-electron chi connectivity index (χ3n) is 2.18. The summed E-state index contributed by atoms with van der Waals surface area (Å²) in [7, 11) is -4.72. The van der Waals surface area contributed by atoms with Crippen LogP contribution in [0.5, 0.6) is 6.01 Å². The Balaban J connectivity index is 2.06. The van der Waals surface area contributed by atoms with Crippen molar-refractivity contribution in [3.05, 3.63) is 6.33 Å². The Kier molecular flexibility index (Phi) is 4.16. The summed E-state index contributed by atoms with van der Waals surface area (Å²) < 4.78 is 20.0. The molecular weight excluding hydrogens is 293 g/mol. The molecule has 0 aromatic carbocycles. The van der Waals surface area contributed by atoms with Gasteiger partial charge in [0.25, 0.3) is 0 Å². The fourth-order valence-corrected chi connectivity index (χ4v) is 1.89. The number of nitrogens with zero attached hydrogens (tertiary/aromatic N) is 3. The van der Waals surface area contributed by atoms with Gasteiger partial charge in [-0.3, -0.25) is 4.52 Å². The number of aliphatic hydroxyl groups is 1. The van der Waals surface area contributed by atoms with Gasteiger partial charge in [-0.2, -0.15) is 9.97 Å². The minimum absolute atomic E-state index is 0.110.